The quantitative estimate of drug-likeness (QED) is 0.856. The number of piperazine rings is 1. The number of rotatable bonds is 3. The lowest BCUT2D eigenvalue weighted by Crippen LogP contribution is -2.46. The van der Waals surface area contributed by atoms with Crippen LogP contribution in [0.25, 0.3) is 0 Å². The Morgan fingerprint density at radius 1 is 1.24 bits per heavy atom. The maximum atomic E-state index is 13.9. The molecule has 0 amide bonds. The minimum absolute atomic E-state index is 0. The second-order valence-corrected chi connectivity index (χ2v) is 5.15. The highest BCUT2D eigenvalue weighted by Crippen LogP contribution is 2.35. The van der Waals surface area contributed by atoms with E-state index < -0.39 is 24.5 Å². The molecule has 120 valence electrons. The Kier molecular flexibility index (Phi) is 6.43. The van der Waals surface area contributed by atoms with E-state index in [-0.39, 0.29) is 18.0 Å². The third-order valence-corrected chi connectivity index (χ3v) is 3.53. The van der Waals surface area contributed by atoms with Gasteiger partial charge in [0.1, 0.15) is 5.82 Å². The molecule has 0 aliphatic carbocycles. The molecule has 1 aliphatic heterocycles. The van der Waals surface area contributed by atoms with Crippen LogP contribution in [0.15, 0.2) is 18.2 Å². The Labute approximate surface area is 127 Å². The molecule has 2 nitrogen and oxygen atoms in total. The molecular formula is C14H19ClF4N2. The van der Waals surface area contributed by atoms with Crippen molar-refractivity contribution in [2.75, 3.05) is 26.2 Å². The van der Waals surface area contributed by atoms with Gasteiger partial charge in [-0.05, 0) is 13.0 Å². The first-order valence-electron chi connectivity index (χ1n) is 6.64. The first kappa shape index (κ1) is 18.2. The summed E-state index contributed by atoms with van der Waals surface area (Å²) >= 11 is 0. The van der Waals surface area contributed by atoms with E-state index in [1.807, 2.05) is 0 Å². The van der Waals surface area contributed by atoms with Crippen LogP contribution in [0.4, 0.5) is 17.6 Å². The highest BCUT2D eigenvalue weighted by atomic mass is 35.5. The average molecular weight is 327 g/mol. The monoisotopic (exact) mass is 326 g/mol. The van der Waals surface area contributed by atoms with Crippen LogP contribution in [0.5, 0.6) is 0 Å². The van der Waals surface area contributed by atoms with Crippen LogP contribution in [-0.4, -0.2) is 37.3 Å². The van der Waals surface area contributed by atoms with E-state index in [0.717, 1.165) is 5.56 Å². The van der Waals surface area contributed by atoms with Crippen LogP contribution in [0.3, 0.4) is 0 Å². The SMILES string of the molecule is Cc1ccc(F)c([C@@H](CC(F)(F)F)N2CCNCC2)c1.Cl. The summed E-state index contributed by atoms with van der Waals surface area (Å²) in [6.07, 6.45) is -5.33. The van der Waals surface area contributed by atoms with Gasteiger partial charge in [0.25, 0.3) is 0 Å². The molecule has 7 heteroatoms. The van der Waals surface area contributed by atoms with Gasteiger partial charge in [0.15, 0.2) is 0 Å². The third-order valence-electron chi connectivity index (χ3n) is 3.53. The van der Waals surface area contributed by atoms with Gasteiger partial charge in [-0.3, -0.25) is 4.90 Å². The summed E-state index contributed by atoms with van der Waals surface area (Å²) < 4.78 is 52.4. The maximum Gasteiger partial charge on any atom is 0.390 e. The Balaban J connectivity index is 0.00000220. The lowest BCUT2D eigenvalue weighted by atomic mass is 9.98. The van der Waals surface area contributed by atoms with E-state index in [1.165, 1.54) is 12.1 Å². The first-order valence-corrected chi connectivity index (χ1v) is 6.64. The van der Waals surface area contributed by atoms with E-state index >= 15 is 0 Å². The molecule has 0 bridgehead atoms. The zero-order chi connectivity index (χ0) is 14.8. The summed E-state index contributed by atoms with van der Waals surface area (Å²) in [5.41, 5.74) is 0.910. The minimum Gasteiger partial charge on any atom is -0.314 e. The lowest BCUT2D eigenvalue weighted by molar-refractivity contribution is -0.149. The number of benzene rings is 1. The molecular weight excluding hydrogens is 308 g/mol. The fourth-order valence-corrected chi connectivity index (χ4v) is 2.57. The van der Waals surface area contributed by atoms with Gasteiger partial charge < -0.3 is 5.32 Å². The molecule has 2 rings (SSSR count). The molecule has 1 atom stereocenters. The Morgan fingerprint density at radius 3 is 2.43 bits per heavy atom. The Bertz CT molecular complexity index is 459. The molecule has 0 spiro atoms. The van der Waals surface area contributed by atoms with Crippen LogP contribution >= 0.6 is 12.4 Å². The van der Waals surface area contributed by atoms with Crippen molar-refractivity contribution in [1.82, 2.24) is 10.2 Å². The number of halogens is 5. The van der Waals surface area contributed by atoms with Crippen molar-refractivity contribution in [2.24, 2.45) is 0 Å². The van der Waals surface area contributed by atoms with Gasteiger partial charge in [0.2, 0.25) is 0 Å². The molecule has 1 saturated heterocycles. The largest absolute Gasteiger partial charge is 0.390 e. The molecule has 1 aliphatic rings. The summed E-state index contributed by atoms with van der Waals surface area (Å²) in [6.45, 7) is 4.00. The van der Waals surface area contributed by atoms with Gasteiger partial charge in [-0.25, -0.2) is 4.39 Å². The molecule has 0 saturated carbocycles. The topological polar surface area (TPSA) is 15.3 Å². The van der Waals surface area contributed by atoms with E-state index in [9.17, 15) is 17.6 Å². The molecule has 0 radical (unpaired) electrons. The fraction of sp³-hybridized carbons (Fsp3) is 0.571. The zero-order valence-corrected chi connectivity index (χ0v) is 12.5. The molecule has 1 aromatic rings. The van der Waals surface area contributed by atoms with Gasteiger partial charge in [-0.1, -0.05) is 17.7 Å². The normalized spacial score (nSPS) is 18.1. The number of aryl methyl sites for hydroxylation is 1. The van der Waals surface area contributed by atoms with Crippen molar-refractivity contribution < 1.29 is 17.6 Å². The van der Waals surface area contributed by atoms with Crippen molar-refractivity contribution in [2.45, 2.75) is 25.6 Å². The number of hydrogen-bond donors (Lipinski definition) is 1. The van der Waals surface area contributed by atoms with Crippen molar-refractivity contribution in [3.8, 4) is 0 Å². The van der Waals surface area contributed by atoms with E-state index in [2.05, 4.69) is 5.32 Å². The summed E-state index contributed by atoms with van der Waals surface area (Å²) in [6, 6.07) is 3.39. The molecule has 0 unspecified atom stereocenters. The van der Waals surface area contributed by atoms with Crippen LogP contribution in [0, 0.1) is 12.7 Å². The van der Waals surface area contributed by atoms with Crippen LogP contribution in [0.1, 0.15) is 23.6 Å². The fourth-order valence-electron chi connectivity index (χ4n) is 2.57. The van der Waals surface area contributed by atoms with Gasteiger partial charge in [-0.2, -0.15) is 13.2 Å². The van der Waals surface area contributed by atoms with Gasteiger partial charge >= 0.3 is 6.18 Å². The van der Waals surface area contributed by atoms with E-state index in [1.54, 1.807) is 17.9 Å². The predicted octanol–water partition coefficient (Wildman–Crippen LogP) is 3.45. The second kappa shape index (κ2) is 7.42. The number of nitrogens with one attached hydrogen (secondary N) is 1. The Hall–Kier alpha value is -0.850. The number of nitrogens with zero attached hydrogens (tertiary/aromatic N) is 1. The highest BCUT2D eigenvalue weighted by Gasteiger charge is 2.37. The second-order valence-electron chi connectivity index (χ2n) is 5.15. The molecule has 1 fully saturated rings. The van der Waals surface area contributed by atoms with Crippen LogP contribution in [-0.2, 0) is 0 Å². The molecule has 1 N–H and O–H groups in total. The third kappa shape index (κ3) is 5.13. The standard InChI is InChI=1S/C14H18F4N2.ClH/c1-10-2-3-12(15)11(8-10)13(9-14(16,17)18)20-6-4-19-5-7-20;/h2-3,8,13,19H,4-7,9H2,1H3;1H/t13-;/m1./s1. The van der Waals surface area contributed by atoms with Crippen molar-refractivity contribution in [3.05, 3.63) is 35.1 Å². The summed E-state index contributed by atoms with van der Waals surface area (Å²) in [5, 5.41) is 3.09. The number of hydrogen-bond acceptors (Lipinski definition) is 2. The van der Waals surface area contributed by atoms with Crippen LogP contribution < -0.4 is 5.32 Å². The van der Waals surface area contributed by atoms with E-state index in [0.29, 0.717) is 26.2 Å². The minimum atomic E-state index is -4.31. The van der Waals surface area contributed by atoms with Gasteiger partial charge in [0, 0.05) is 37.8 Å². The molecule has 0 aromatic heterocycles. The summed E-state index contributed by atoms with van der Waals surface area (Å²) in [5.74, 6) is -0.566. The van der Waals surface area contributed by atoms with Crippen molar-refractivity contribution >= 4 is 12.4 Å². The number of alkyl halides is 3. The van der Waals surface area contributed by atoms with Gasteiger partial charge in [0.05, 0.1) is 6.42 Å². The first-order chi connectivity index (χ1) is 9.37. The van der Waals surface area contributed by atoms with Crippen molar-refractivity contribution in [1.29, 1.82) is 0 Å². The molecule has 1 heterocycles. The summed E-state index contributed by atoms with van der Waals surface area (Å²) in [7, 11) is 0. The zero-order valence-electron chi connectivity index (χ0n) is 11.7. The Morgan fingerprint density at radius 2 is 1.86 bits per heavy atom. The highest BCUT2D eigenvalue weighted by molar-refractivity contribution is 5.85. The maximum absolute atomic E-state index is 13.9. The average Bonchev–Trinajstić information content (AvgIpc) is 2.39. The van der Waals surface area contributed by atoms with Crippen LogP contribution in [0.2, 0.25) is 0 Å². The molecule has 1 aromatic carbocycles. The van der Waals surface area contributed by atoms with Gasteiger partial charge in [-0.15, -0.1) is 12.4 Å². The summed E-state index contributed by atoms with van der Waals surface area (Å²) in [4.78, 5) is 1.71. The lowest BCUT2D eigenvalue weighted by Gasteiger charge is -2.35. The van der Waals surface area contributed by atoms with E-state index in [4.69, 9.17) is 0 Å². The molecule has 21 heavy (non-hydrogen) atoms. The predicted molar refractivity (Wildman–Crippen MR) is 76.2 cm³/mol. The van der Waals surface area contributed by atoms with Crippen molar-refractivity contribution in [3.63, 3.8) is 0 Å². The smallest absolute Gasteiger partial charge is 0.314 e.